The fourth-order valence-electron chi connectivity index (χ4n) is 3.36. The van der Waals surface area contributed by atoms with E-state index in [-0.39, 0.29) is 11.3 Å². The van der Waals surface area contributed by atoms with Crippen molar-refractivity contribution in [3.63, 3.8) is 0 Å². The average Bonchev–Trinajstić information content (AvgIpc) is 2.97. The first-order valence-electron chi connectivity index (χ1n) is 9.44. The molecule has 1 heterocycles. The Labute approximate surface area is 176 Å². The lowest BCUT2D eigenvalue weighted by Crippen LogP contribution is -2.33. The summed E-state index contributed by atoms with van der Waals surface area (Å²) in [6, 6.07) is 13.0. The van der Waals surface area contributed by atoms with Crippen LogP contribution < -0.4 is 10.2 Å². The number of rotatable bonds is 4. The molecule has 0 aromatic heterocycles. The predicted molar refractivity (Wildman–Crippen MR) is 112 cm³/mol. The van der Waals surface area contributed by atoms with Crippen molar-refractivity contribution < 1.29 is 22.8 Å². The fourth-order valence-corrected chi connectivity index (χ4v) is 3.36. The van der Waals surface area contributed by atoms with Crippen LogP contribution in [0, 0.1) is 31.3 Å². The van der Waals surface area contributed by atoms with E-state index in [4.69, 9.17) is 0 Å². The largest absolute Gasteiger partial charge is 0.350 e. The summed E-state index contributed by atoms with van der Waals surface area (Å²) in [5, 5.41) is 2.85. The van der Waals surface area contributed by atoms with Crippen molar-refractivity contribution >= 4 is 28.8 Å². The zero-order valence-corrected chi connectivity index (χ0v) is 16.7. The smallest absolute Gasteiger partial charge is 0.282 e. The Morgan fingerprint density at radius 3 is 2.10 bits per heavy atom. The van der Waals surface area contributed by atoms with Crippen LogP contribution in [0.4, 0.5) is 24.5 Å². The van der Waals surface area contributed by atoms with Gasteiger partial charge in [-0.1, -0.05) is 18.2 Å². The summed E-state index contributed by atoms with van der Waals surface area (Å²) in [5.74, 6) is -3.80. The van der Waals surface area contributed by atoms with Crippen LogP contribution in [0.5, 0.6) is 0 Å². The summed E-state index contributed by atoms with van der Waals surface area (Å²) in [4.78, 5) is 27.1. The number of hydrogen-bond acceptors (Lipinski definition) is 3. The van der Waals surface area contributed by atoms with Crippen molar-refractivity contribution in [2.75, 3.05) is 10.2 Å². The van der Waals surface area contributed by atoms with Crippen molar-refractivity contribution in [1.82, 2.24) is 0 Å². The third-order valence-corrected chi connectivity index (χ3v) is 5.14. The molecular weight excluding hydrogens is 405 g/mol. The maximum atomic E-state index is 14.4. The third-order valence-electron chi connectivity index (χ3n) is 5.14. The highest BCUT2D eigenvalue weighted by atomic mass is 19.1. The minimum absolute atomic E-state index is 0.0149. The summed E-state index contributed by atoms with van der Waals surface area (Å²) in [6.07, 6.45) is 0. The Hall–Kier alpha value is -3.87. The van der Waals surface area contributed by atoms with Gasteiger partial charge in [0.15, 0.2) is 0 Å². The Balaban J connectivity index is 1.87. The summed E-state index contributed by atoms with van der Waals surface area (Å²) in [5.41, 5.74) is 2.12. The number of halogens is 3. The molecule has 1 N–H and O–H groups in total. The molecule has 0 saturated heterocycles. The minimum atomic E-state index is -0.912. The van der Waals surface area contributed by atoms with Crippen LogP contribution >= 0.6 is 0 Å². The number of aryl methyl sites for hydroxylation is 2. The molecule has 0 fully saturated rings. The second kappa shape index (κ2) is 7.75. The van der Waals surface area contributed by atoms with E-state index in [0.717, 1.165) is 29.3 Å². The molecule has 0 aliphatic carbocycles. The van der Waals surface area contributed by atoms with Crippen molar-refractivity contribution in [3.8, 4) is 0 Å². The van der Waals surface area contributed by atoms with E-state index in [0.29, 0.717) is 16.2 Å². The number of carbonyl (C=O) groups is 2. The molecule has 0 unspecified atom stereocenters. The number of nitrogens with one attached hydrogen (secondary N) is 1. The Kier molecular flexibility index (Phi) is 5.10. The maximum absolute atomic E-state index is 14.4. The van der Waals surface area contributed by atoms with Crippen LogP contribution in [0.15, 0.2) is 66.4 Å². The standard InChI is InChI=1S/C24H17F3N2O2/c1-13-3-4-15(11-14(13)2)21-22(28-18-8-5-16(25)6-9-18)24(31)29(23(21)30)20-12-17(26)7-10-19(20)27/h3-12,28H,1-2H3. The first kappa shape index (κ1) is 20.4. The highest BCUT2D eigenvalue weighted by molar-refractivity contribution is 6.46. The van der Waals surface area contributed by atoms with Gasteiger partial charge in [0.25, 0.3) is 11.8 Å². The van der Waals surface area contributed by atoms with Crippen molar-refractivity contribution in [1.29, 1.82) is 0 Å². The molecule has 3 aromatic rings. The SMILES string of the molecule is Cc1ccc(C2=C(Nc3ccc(F)cc3)C(=O)N(c3cc(F)ccc3F)C2=O)cc1C. The van der Waals surface area contributed by atoms with E-state index in [2.05, 4.69) is 5.32 Å². The third kappa shape index (κ3) is 3.70. The van der Waals surface area contributed by atoms with Crippen LogP contribution in [0.3, 0.4) is 0 Å². The second-order valence-electron chi connectivity index (χ2n) is 7.22. The van der Waals surface area contributed by atoms with Crippen LogP contribution in [-0.4, -0.2) is 11.8 Å². The molecule has 0 radical (unpaired) electrons. The van der Waals surface area contributed by atoms with E-state index in [1.807, 2.05) is 13.8 Å². The van der Waals surface area contributed by atoms with Crippen LogP contribution in [0.1, 0.15) is 16.7 Å². The summed E-state index contributed by atoms with van der Waals surface area (Å²) < 4.78 is 41.5. The molecule has 0 bridgehead atoms. The maximum Gasteiger partial charge on any atom is 0.282 e. The number of imide groups is 1. The molecule has 1 aliphatic heterocycles. The summed E-state index contributed by atoms with van der Waals surface area (Å²) >= 11 is 0. The Morgan fingerprint density at radius 1 is 0.742 bits per heavy atom. The van der Waals surface area contributed by atoms with Gasteiger partial charge in [0.1, 0.15) is 23.1 Å². The van der Waals surface area contributed by atoms with Gasteiger partial charge in [-0.2, -0.15) is 0 Å². The molecule has 156 valence electrons. The van der Waals surface area contributed by atoms with Gasteiger partial charge in [0.05, 0.1) is 11.3 Å². The van der Waals surface area contributed by atoms with E-state index in [1.54, 1.807) is 18.2 Å². The number of nitrogens with zero attached hydrogens (tertiary/aromatic N) is 1. The lowest BCUT2D eigenvalue weighted by atomic mass is 9.99. The number of anilines is 2. The highest BCUT2D eigenvalue weighted by Gasteiger charge is 2.41. The van der Waals surface area contributed by atoms with Gasteiger partial charge < -0.3 is 5.32 Å². The predicted octanol–water partition coefficient (Wildman–Crippen LogP) is 5.12. The van der Waals surface area contributed by atoms with Crippen LogP contribution in [0.25, 0.3) is 5.57 Å². The van der Waals surface area contributed by atoms with Gasteiger partial charge in [-0.25, -0.2) is 18.1 Å². The molecular formula is C24H17F3N2O2. The van der Waals surface area contributed by atoms with E-state index in [9.17, 15) is 22.8 Å². The molecule has 0 saturated carbocycles. The monoisotopic (exact) mass is 422 g/mol. The number of carbonyl (C=O) groups excluding carboxylic acids is 2. The number of hydrogen-bond donors (Lipinski definition) is 1. The Morgan fingerprint density at radius 2 is 1.42 bits per heavy atom. The molecule has 3 aromatic carbocycles. The zero-order valence-electron chi connectivity index (χ0n) is 16.7. The lowest BCUT2D eigenvalue weighted by Gasteiger charge is -2.16. The molecule has 2 amide bonds. The van der Waals surface area contributed by atoms with E-state index < -0.39 is 35.0 Å². The molecule has 4 nitrogen and oxygen atoms in total. The van der Waals surface area contributed by atoms with Crippen LogP contribution in [-0.2, 0) is 9.59 Å². The van der Waals surface area contributed by atoms with Crippen molar-refractivity contribution in [2.45, 2.75) is 13.8 Å². The fraction of sp³-hybridized carbons (Fsp3) is 0.0833. The molecule has 1 aliphatic rings. The van der Waals surface area contributed by atoms with Crippen molar-refractivity contribution in [3.05, 3.63) is 101 Å². The normalized spacial score (nSPS) is 13.9. The zero-order chi connectivity index (χ0) is 22.3. The molecule has 4 rings (SSSR count). The minimum Gasteiger partial charge on any atom is -0.350 e. The van der Waals surface area contributed by atoms with Gasteiger partial charge in [-0.05, 0) is 66.9 Å². The van der Waals surface area contributed by atoms with Gasteiger partial charge in [-0.15, -0.1) is 0 Å². The van der Waals surface area contributed by atoms with Gasteiger partial charge in [0.2, 0.25) is 0 Å². The van der Waals surface area contributed by atoms with Gasteiger partial charge in [-0.3, -0.25) is 9.59 Å². The quantitative estimate of drug-likeness (QED) is 0.594. The molecule has 31 heavy (non-hydrogen) atoms. The topological polar surface area (TPSA) is 49.4 Å². The summed E-state index contributed by atoms with van der Waals surface area (Å²) in [7, 11) is 0. The van der Waals surface area contributed by atoms with Crippen LogP contribution in [0.2, 0.25) is 0 Å². The lowest BCUT2D eigenvalue weighted by molar-refractivity contribution is -0.120. The van der Waals surface area contributed by atoms with Crippen molar-refractivity contribution in [2.24, 2.45) is 0 Å². The second-order valence-corrected chi connectivity index (χ2v) is 7.22. The van der Waals surface area contributed by atoms with E-state index in [1.165, 1.54) is 24.3 Å². The van der Waals surface area contributed by atoms with E-state index >= 15 is 0 Å². The number of benzene rings is 3. The molecule has 7 heteroatoms. The molecule has 0 atom stereocenters. The number of amides is 2. The van der Waals surface area contributed by atoms with Gasteiger partial charge in [0, 0.05) is 11.8 Å². The Bertz CT molecular complexity index is 1250. The highest BCUT2D eigenvalue weighted by Crippen LogP contribution is 2.35. The first-order chi connectivity index (χ1) is 14.8. The van der Waals surface area contributed by atoms with Gasteiger partial charge >= 0.3 is 0 Å². The summed E-state index contributed by atoms with van der Waals surface area (Å²) in [6.45, 7) is 3.76. The molecule has 0 spiro atoms. The first-order valence-corrected chi connectivity index (χ1v) is 9.44. The average molecular weight is 422 g/mol.